The van der Waals surface area contributed by atoms with Gasteiger partial charge in [0.15, 0.2) is 5.69 Å². The Hall–Kier alpha value is -2.85. The van der Waals surface area contributed by atoms with Gasteiger partial charge in [0.2, 0.25) is 0 Å². The molecule has 10 heteroatoms. The second kappa shape index (κ2) is 8.35. The zero-order valence-electron chi connectivity index (χ0n) is 16.9. The average molecular weight is 448 g/mol. The largest absolute Gasteiger partial charge is 0.391 e. The van der Waals surface area contributed by atoms with E-state index in [1.165, 1.54) is 31.3 Å². The maximum Gasteiger partial charge on any atom is 0.277 e. The molecule has 0 bridgehead atoms. The van der Waals surface area contributed by atoms with Crippen LogP contribution in [0.2, 0.25) is 0 Å². The normalized spacial score (nSPS) is 25.9. The molecule has 1 aliphatic heterocycles. The van der Waals surface area contributed by atoms with E-state index in [2.05, 4.69) is 15.3 Å². The molecule has 164 valence electrons. The first-order valence-electron chi connectivity index (χ1n) is 9.94. The van der Waals surface area contributed by atoms with Gasteiger partial charge < -0.3 is 21.1 Å². The van der Waals surface area contributed by atoms with Gasteiger partial charge in [0, 0.05) is 19.3 Å². The summed E-state index contributed by atoms with van der Waals surface area (Å²) in [6, 6.07) is 1.76. The lowest BCUT2D eigenvalue weighted by atomic mass is 9.86. The predicted octanol–water partition coefficient (Wildman–Crippen LogP) is 3.57. The van der Waals surface area contributed by atoms with Crippen LogP contribution in [0, 0.1) is 0 Å². The summed E-state index contributed by atoms with van der Waals surface area (Å²) in [5.74, 6) is -2.52. The van der Waals surface area contributed by atoms with Crippen molar-refractivity contribution in [2.75, 3.05) is 29.0 Å². The number of alkyl halides is 1. The molecule has 1 saturated heterocycles. The monoisotopic (exact) mass is 447 g/mol. The van der Waals surface area contributed by atoms with E-state index in [9.17, 15) is 18.7 Å². The zero-order valence-corrected chi connectivity index (χ0v) is 17.7. The summed E-state index contributed by atoms with van der Waals surface area (Å²) in [6.45, 7) is 2.45. The Labute approximate surface area is 182 Å². The second-order valence-electron chi connectivity index (χ2n) is 7.85. The van der Waals surface area contributed by atoms with Crippen molar-refractivity contribution in [2.24, 2.45) is 0 Å². The number of pyridine rings is 1. The van der Waals surface area contributed by atoms with Crippen LogP contribution in [0.1, 0.15) is 41.2 Å². The quantitative estimate of drug-likeness (QED) is 0.662. The lowest BCUT2D eigenvalue weighted by Crippen LogP contribution is -2.38. The van der Waals surface area contributed by atoms with Crippen molar-refractivity contribution in [2.45, 2.75) is 37.5 Å². The van der Waals surface area contributed by atoms with Crippen LogP contribution in [0.5, 0.6) is 0 Å². The number of hydrogen-bond acceptors (Lipinski definition) is 7. The summed E-state index contributed by atoms with van der Waals surface area (Å²) in [7, 11) is 0. The molecule has 1 unspecified atom stereocenters. The fraction of sp³-hybridized carbons (Fsp3) is 0.381. The molecular weight excluding hydrogens is 424 g/mol. The number of carbonyl (C=O) groups is 1. The highest BCUT2D eigenvalue weighted by molar-refractivity contribution is 7.16. The van der Waals surface area contributed by atoms with Crippen LogP contribution < -0.4 is 16.0 Å². The molecule has 7 nitrogen and oxygen atoms in total. The van der Waals surface area contributed by atoms with E-state index >= 15 is 0 Å². The van der Waals surface area contributed by atoms with E-state index in [-0.39, 0.29) is 15.7 Å². The Morgan fingerprint density at radius 2 is 2.29 bits per heavy atom. The smallest absolute Gasteiger partial charge is 0.277 e. The molecule has 2 aliphatic rings. The minimum absolute atomic E-state index is 0.0736. The van der Waals surface area contributed by atoms with Crippen molar-refractivity contribution >= 4 is 33.6 Å². The van der Waals surface area contributed by atoms with Gasteiger partial charge in [-0.25, -0.2) is 13.8 Å². The predicted molar refractivity (Wildman–Crippen MR) is 117 cm³/mol. The average Bonchev–Trinajstić information content (AvgIpc) is 3.08. The molecule has 0 saturated carbocycles. The highest BCUT2D eigenvalue weighted by Crippen LogP contribution is 2.44. The summed E-state index contributed by atoms with van der Waals surface area (Å²) in [5.41, 5.74) is 5.08. The maximum atomic E-state index is 14.9. The molecule has 0 aromatic carbocycles. The number of β-amino-alcohol motifs (C(OH)–C–C–N with tert-alkyl or cyclic N) is 1. The number of aliphatic hydroxyl groups is 1. The number of aliphatic hydroxyl groups excluding tert-OH is 1. The van der Waals surface area contributed by atoms with Crippen LogP contribution in [0.15, 0.2) is 42.5 Å². The van der Waals surface area contributed by atoms with Crippen molar-refractivity contribution in [1.82, 2.24) is 9.97 Å². The van der Waals surface area contributed by atoms with Crippen molar-refractivity contribution in [3.63, 3.8) is 0 Å². The number of carbonyl (C=O) groups excluding carboxylic acids is 1. The number of nitrogens with one attached hydrogen (secondary N) is 1. The van der Waals surface area contributed by atoms with E-state index in [0.717, 1.165) is 36.4 Å². The van der Waals surface area contributed by atoms with Gasteiger partial charge in [0.1, 0.15) is 27.4 Å². The van der Waals surface area contributed by atoms with E-state index in [1.54, 1.807) is 12.3 Å². The Morgan fingerprint density at radius 3 is 3.03 bits per heavy atom. The number of piperidine rings is 1. The van der Waals surface area contributed by atoms with Gasteiger partial charge in [0.25, 0.3) is 5.91 Å². The number of nitrogens with two attached hydrogens (primary N) is 1. The number of nitrogen functional groups attached to an aromatic ring is 1. The minimum Gasteiger partial charge on any atom is -0.391 e. The molecule has 0 spiro atoms. The van der Waals surface area contributed by atoms with E-state index in [4.69, 9.17) is 5.73 Å². The molecule has 4 N–H and O–H groups in total. The molecule has 0 radical (unpaired) electrons. The van der Waals surface area contributed by atoms with Crippen LogP contribution in [-0.4, -0.2) is 45.8 Å². The van der Waals surface area contributed by atoms with Gasteiger partial charge in [-0.2, -0.15) is 0 Å². The van der Waals surface area contributed by atoms with E-state index in [0.29, 0.717) is 12.2 Å². The van der Waals surface area contributed by atoms with Crippen LogP contribution in [0.25, 0.3) is 0 Å². The van der Waals surface area contributed by atoms with Gasteiger partial charge in [-0.3, -0.25) is 9.78 Å². The fourth-order valence-electron chi connectivity index (χ4n) is 3.90. The third kappa shape index (κ3) is 4.31. The Balaban J connectivity index is 1.58. The Kier molecular flexibility index (Phi) is 5.76. The molecular formula is C21H23F2N5O2S. The summed E-state index contributed by atoms with van der Waals surface area (Å²) in [6.07, 6.45) is 7.99. The number of nitrogens with zero attached hydrogens (tertiary/aromatic N) is 3. The summed E-state index contributed by atoms with van der Waals surface area (Å²) in [4.78, 5) is 23.1. The van der Waals surface area contributed by atoms with Crippen LogP contribution >= 0.6 is 11.3 Å². The van der Waals surface area contributed by atoms with Gasteiger partial charge in [-0.05, 0) is 38.0 Å². The molecule has 2 aromatic heterocycles. The molecule has 3 atom stereocenters. The van der Waals surface area contributed by atoms with Crippen LogP contribution in [-0.2, 0) is 0 Å². The summed E-state index contributed by atoms with van der Waals surface area (Å²) >= 11 is 0.890. The number of rotatable bonds is 4. The molecule has 2 aromatic rings. The van der Waals surface area contributed by atoms with Crippen LogP contribution in [0.4, 0.5) is 25.2 Å². The van der Waals surface area contributed by atoms with E-state index < -0.39 is 29.4 Å². The SMILES string of the molecule is C[C@]1(F)C=CC=C(F)C1c1nc(C(=O)Nc2cnccc2N2CCC[C@H](O)C2)c(N)s1. The first-order valence-corrected chi connectivity index (χ1v) is 10.8. The maximum absolute atomic E-state index is 14.9. The molecule has 3 heterocycles. The lowest BCUT2D eigenvalue weighted by Gasteiger charge is -2.33. The van der Waals surface area contributed by atoms with Gasteiger partial charge in [-0.15, -0.1) is 11.3 Å². The Morgan fingerprint density at radius 1 is 1.48 bits per heavy atom. The van der Waals surface area contributed by atoms with Crippen molar-refractivity contribution < 1.29 is 18.7 Å². The van der Waals surface area contributed by atoms with Gasteiger partial charge in [-0.1, -0.05) is 6.08 Å². The molecule has 1 fully saturated rings. The number of halogens is 2. The van der Waals surface area contributed by atoms with Crippen molar-refractivity contribution in [3.8, 4) is 0 Å². The molecule has 4 rings (SSSR count). The first kappa shape index (κ1) is 21.4. The number of allylic oxidation sites excluding steroid dienone is 4. The van der Waals surface area contributed by atoms with Gasteiger partial charge >= 0.3 is 0 Å². The summed E-state index contributed by atoms with van der Waals surface area (Å²) < 4.78 is 29.2. The number of amides is 1. The minimum atomic E-state index is -1.98. The standard InChI is InChI=1S/C21H23F2N5O2S/c1-21(23)7-2-5-13(22)16(21)20-27-17(18(24)31-20)19(30)26-14-10-25-8-6-15(14)28-9-3-4-12(29)11-28/h2,5-8,10,12,16,29H,3-4,9,11,24H2,1H3,(H,26,30)/t12-,16?,21-/m0/s1. The number of aromatic nitrogens is 2. The van der Waals surface area contributed by atoms with Gasteiger partial charge in [0.05, 0.1) is 23.7 Å². The molecule has 31 heavy (non-hydrogen) atoms. The number of thiazole rings is 1. The Bertz CT molecular complexity index is 1050. The topological polar surface area (TPSA) is 104 Å². The summed E-state index contributed by atoms with van der Waals surface area (Å²) in [5, 5.41) is 12.9. The van der Waals surface area contributed by atoms with Crippen molar-refractivity contribution in [1.29, 1.82) is 0 Å². The molecule has 1 amide bonds. The number of hydrogen-bond donors (Lipinski definition) is 3. The first-order chi connectivity index (χ1) is 14.8. The van der Waals surface area contributed by atoms with E-state index in [1.807, 2.05) is 4.90 Å². The highest BCUT2D eigenvalue weighted by atomic mass is 32.1. The number of anilines is 3. The second-order valence-corrected chi connectivity index (χ2v) is 8.91. The third-order valence-electron chi connectivity index (χ3n) is 5.43. The third-order valence-corrected chi connectivity index (χ3v) is 6.38. The fourth-order valence-corrected chi connectivity index (χ4v) is 4.96. The zero-order chi connectivity index (χ0) is 22.2. The lowest BCUT2D eigenvalue weighted by molar-refractivity contribution is 0.102. The highest BCUT2D eigenvalue weighted by Gasteiger charge is 2.41. The van der Waals surface area contributed by atoms with Crippen LogP contribution in [0.3, 0.4) is 0 Å². The van der Waals surface area contributed by atoms with Crippen molar-refractivity contribution in [3.05, 3.63) is 53.2 Å². The molecule has 1 aliphatic carbocycles.